The highest BCUT2D eigenvalue weighted by Crippen LogP contribution is 2.19. The van der Waals surface area contributed by atoms with E-state index in [4.69, 9.17) is 5.73 Å². The van der Waals surface area contributed by atoms with Crippen molar-refractivity contribution in [3.63, 3.8) is 0 Å². The second kappa shape index (κ2) is 6.12. The first-order chi connectivity index (χ1) is 10.7. The minimum Gasteiger partial charge on any atom is -0.325 e. The molecule has 0 aliphatic carbocycles. The van der Waals surface area contributed by atoms with E-state index in [9.17, 15) is 4.39 Å². The van der Waals surface area contributed by atoms with E-state index >= 15 is 0 Å². The van der Waals surface area contributed by atoms with Crippen molar-refractivity contribution in [3.8, 4) is 5.13 Å². The van der Waals surface area contributed by atoms with Gasteiger partial charge < -0.3 is 5.73 Å². The number of aryl methyl sites for hydroxylation is 1. The highest BCUT2D eigenvalue weighted by molar-refractivity contribution is 7.13. The number of nitrogens with zero attached hydrogens (tertiary/aromatic N) is 5. The van der Waals surface area contributed by atoms with Crippen molar-refractivity contribution in [2.45, 2.75) is 13.5 Å². The highest BCUT2D eigenvalue weighted by Gasteiger charge is 2.13. The number of rotatable bonds is 4. The molecule has 0 aliphatic heterocycles. The van der Waals surface area contributed by atoms with E-state index in [0.29, 0.717) is 10.8 Å². The fourth-order valence-corrected chi connectivity index (χ4v) is 2.54. The molecule has 6 nitrogen and oxygen atoms in total. The van der Waals surface area contributed by atoms with Gasteiger partial charge in [0.05, 0.1) is 5.69 Å². The Balaban J connectivity index is 1.98. The number of halogens is 1. The van der Waals surface area contributed by atoms with Crippen LogP contribution in [0.1, 0.15) is 22.0 Å². The molecular formula is C14H13FN6S. The van der Waals surface area contributed by atoms with Crippen LogP contribution in [-0.2, 0) is 6.54 Å². The number of benzene rings is 1. The average Bonchev–Trinajstić information content (AvgIpc) is 3.12. The predicted octanol–water partition coefficient (Wildman–Crippen LogP) is 2.20. The molecule has 0 fully saturated rings. The van der Waals surface area contributed by atoms with Gasteiger partial charge in [0.1, 0.15) is 16.5 Å². The van der Waals surface area contributed by atoms with Gasteiger partial charge in [0.25, 0.3) is 0 Å². The van der Waals surface area contributed by atoms with Gasteiger partial charge in [-0.2, -0.15) is 4.68 Å². The maximum Gasteiger partial charge on any atom is 0.234 e. The molecule has 0 bridgehead atoms. The van der Waals surface area contributed by atoms with E-state index in [-0.39, 0.29) is 12.4 Å². The normalized spacial score (nSPS) is 11.4. The summed E-state index contributed by atoms with van der Waals surface area (Å²) in [6.45, 7) is 2.14. The van der Waals surface area contributed by atoms with Crippen LogP contribution in [0, 0.1) is 12.7 Å². The maximum absolute atomic E-state index is 12.9. The summed E-state index contributed by atoms with van der Waals surface area (Å²) in [5.74, 6) is -0.268. The van der Waals surface area contributed by atoms with E-state index in [1.165, 1.54) is 23.5 Å². The minimum atomic E-state index is -0.268. The molecule has 3 aromatic rings. The third-order valence-electron chi connectivity index (χ3n) is 2.97. The van der Waals surface area contributed by atoms with E-state index in [1.54, 1.807) is 16.8 Å². The zero-order chi connectivity index (χ0) is 15.5. The number of aromatic nitrogens is 5. The van der Waals surface area contributed by atoms with Gasteiger partial charge in [-0.3, -0.25) is 0 Å². The quantitative estimate of drug-likeness (QED) is 0.798. The summed E-state index contributed by atoms with van der Waals surface area (Å²) in [4.78, 5) is 0. The molecular weight excluding hydrogens is 303 g/mol. The first-order valence-electron chi connectivity index (χ1n) is 6.56. The van der Waals surface area contributed by atoms with E-state index in [0.717, 1.165) is 16.3 Å². The van der Waals surface area contributed by atoms with Gasteiger partial charge in [0.2, 0.25) is 5.13 Å². The van der Waals surface area contributed by atoms with Crippen molar-refractivity contribution >= 4 is 23.5 Å². The number of nitrogens with two attached hydrogens (primary N) is 1. The monoisotopic (exact) mass is 316 g/mol. The predicted molar refractivity (Wildman–Crippen MR) is 82.8 cm³/mol. The van der Waals surface area contributed by atoms with Gasteiger partial charge in [0, 0.05) is 6.54 Å². The zero-order valence-electron chi connectivity index (χ0n) is 11.8. The van der Waals surface area contributed by atoms with Gasteiger partial charge in [-0.25, -0.2) is 4.39 Å². The van der Waals surface area contributed by atoms with Gasteiger partial charge >= 0.3 is 0 Å². The van der Waals surface area contributed by atoms with Crippen molar-refractivity contribution in [1.29, 1.82) is 0 Å². The Morgan fingerprint density at radius 1 is 1.18 bits per heavy atom. The Morgan fingerprint density at radius 3 is 2.59 bits per heavy atom. The maximum atomic E-state index is 12.9. The summed E-state index contributed by atoms with van der Waals surface area (Å²) in [5.41, 5.74) is 7.97. The summed E-state index contributed by atoms with van der Waals surface area (Å²) in [7, 11) is 0. The molecule has 112 valence electrons. The number of hydrogen-bond acceptors (Lipinski definition) is 6. The molecule has 0 radical (unpaired) electrons. The van der Waals surface area contributed by atoms with Gasteiger partial charge in [0.15, 0.2) is 0 Å². The Kier molecular flexibility index (Phi) is 4.03. The molecule has 0 aliphatic rings. The average molecular weight is 316 g/mol. The van der Waals surface area contributed by atoms with E-state index in [2.05, 4.69) is 20.5 Å². The van der Waals surface area contributed by atoms with Crippen LogP contribution in [0.3, 0.4) is 0 Å². The van der Waals surface area contributed by atoms with Crippen LogP contribution in [0.5, 0.6) is 0 Å². The highest BCUT2D eigenvalue weighted by atomic mass is 32.1. The SMILES string of the molecule is Cc1nnc(-n2nnc(CN)c2/C=C/c2ccc(F)cc2)s1. The molecule has 3 rings (SSSR count). The smallest absolute Gasteiger partial charge is 0.234 e. The first-order valence-corrected chi connectivity index (χ1v) is 7.38. The Bertz CT molecular complexity index is 805. The Morgan fingerprint density at radius 2 is 1.95 bits per heavy atom. The molecule has 2 N–H and O–H groups in total. The first kappa shape index (κ1) is 14.5. The van der Waals surface area contributed by atoms with Crippen LogP contribution in [-0.4, -0.2) is 25.2 Å². The van der Waals surface area contributed by atoms with Crippen LogP contribution in [0.2, 0.25) is 0 Å². The van der Waals surface area contributed by atoms with Crippen molar-refractivity contribution in [2.75, 3.05) is 0 Å². The number of hydrogen-bond donors (Lipinski definition) is 1. The third-order valence-corrected chi connectivity index (χ3v) is 3.79. The summed E-state index contributed by atoms with van der Waals surface area (Å²) < 4.78 is 14.5. The topological polar surface area (TPSA) is 82.5 Å². The fourth-order valence-electron chi connectivity index (χ4n) is 1.89. The van der Waals surface area contributed by atoms with Gasteiger partial charge in [-0.15, -0.1) is 15.3 Å². The summed E-state index contributed by atoms with van der Waals surface area (Å²) >= 11 is 1.42. The Hall–Kier alpha value is -2.45. The van der Waals surface area contributed by atoms with E-state index in [1.807, 2.05) is 19.1 Å². The lowest BCUT2D eigenvalue weighted by Gasteiger charge is -1.99. The summed E-state index contributed by atoms with van der Waals surface area (Å²) in [5, 5.41) is 17.7. The molecule has 2 aromatic heterocycles. The molecule has 2 heterocycles. The molecule has 8 heteroatoms. The van der Waals surface area contributed by atoms with Crippen molar-refractivity contribution in [3.05, 3.63) is 52.0 Å². The Labute approximate surface area is 130 Å². The zero-order valence-corrected chi connectivity index (χ0v) is 12.6. The molecule has 0 spiro atoms. The van der Waals surface area contributed by atoms with Crippen molar-refractivity contribution in [2.24, 2.45) is 5.73 Å². The van der Waals surface area contributed by atoms with Crippen LogP contribution in [0.4, 0.5) is 4.39 Å². The van der Waals surface area contributed by atoms with Gasteiger partial charge in [-0.05, 0) is 30.7 Å². The second-order valence-corrected chi connectivity index (χ2v) is 5.69. The van der Waals surface area contributed by atoms with Crippen LogP contribution in [0.25, 0.3) is 17.3 Å². The molecule has 1 aromatic carbocycles. The standard InChI is InChI=1S/C14H13FN6S/c1-9-17-19-14(22-9)21-13(12(8-16)18-20-21)7-4-10-2-5-11(15)6-3-10/h2-7H,8,16H2,1H3/b7-4+. The third kappa shape index (κ3) is 2.92. The molecule has 0 saturated heterocycles. The second-order valence-electron chi connectivity index (χ2n) is 4.53. The molecule has 0 unspecified atom stereocenters. The molecule has 22 heavy (non-hydrogen) atoms. The van der Waals surface area contributed by atoms with Crippen molar-refractivity contribution < 1.29 is 4.39 Å². The van der Waals surface area contributed by atoms with Crippen LogP contribution < -0.4 is 5.73 Å². The van der Waals surface area contributed by atoms with Crippen molar-refractivity contribution in [1.82, 2.24) is 25.2 Å². The molecule has 0 atom stereocenters. The lowest BCUT2D eigenvalue weighted by Crippen LogP contribution is -2.02. The lowest BCUT2D eigenvalue weighted by molar-refractivity contribution is 0.628. The summed E-state index contributed by atoms with van der Waals surface area (Å²) in [6, 6.07) is 6.20. The van der Waals surface area contributed by atoms with Crippen LogP contribution >= 0.6 is 11.3 Å². The largest absolute Gasteiger partial charge is 0.325 e. The summed E-state index contributed by atoms with van der Waals surface area (Å²) in [6.07, 6.45) is 3.69. The van der Waals surface area contributed by atoms with E-state index < -0.39 is 0 Å². The minimum absolute atomic E-state index is 0.265. The molecule has 0 amide bonds. The fraction of sp³-hybridized carbons (Fsp3) is 0.143. The molecule has 0 saturated carbocycles. The lowest BCUT2D eigenvalue weighted by atomic mass is 10.2. The van der Waals surface area contributed by atoms with Gasteiger partial charge in [-0.1, -0.05) is 34.8 Å². The van der Waals surface area contributed by atoms with Crippen LogP contribution in [0.15, 0.2) is 24.3 Å².